The van der Waals surface area contributed by atoms with Crippen molar-refractivity contribution in [3.63, 3.8) is 0 Å². The molecule has 2 fully saturated rings. The first-order chi connectivity index (χ1) is 16.7. The van der Waals surface area contributed by atoms with E-state index in [4.69, 9.17) is 4.74 Å². The molecule has 190 valence electrons. The molecular weight excluding hydrogens is 502 g/mol. The number of nitrogens with zero attached hydrogens (tertiary/aromatic N) is 3. The Labute approximate surface area is 206 Å². The van der Waals surface area contributed by atoms with Crippen molar-refractivity contribution in [3.05, 3.63) is 36.0 Å². The number of hydrogen-bond donors (Lipinski definition) is 1. The minimum absolute atomic E-state index is 0.0291. The van der Waals surface area contributed by atoms with Crippen molar-refractivity contribution in [1.82, 2.24) is 9.29 Å². The Morgan fingerprint density at radius 1 is 1.20 bits per heavy atom. The number of carbonyl (C=O) groups is 2. The monoisotopic (exact) mass is 528 g/mol. The molecule has 1 saturated carbocycles. The Morgan fingerprint density at radius 3 is 2.63 bits per heavy atom. The van der Waals surface area contributed by atoms with E-state index in [1.165, 1.54) is 18.1 Å². The van der Waals surface area contributed by atoms with Crippen LogP contribution in [0.4, 0.5) is 24.4 Å². The highest BCUT2D eigenvalue weighted by Gasteiger charge is 2.41. The van der Waals surface area contributed by atoms with Gasteiger partial charge in [-0.1, -0.05) is 24.2 Å². The largest absolute Gasteiger partial charge is 0.468 e. The molecule has 0 unspecified atom stereocenters. The van der Waals surface area contributed by atoms with E-state index in [1.54, 1.807) is 0 Å². The number of amides is 2. The summed E-state index contributed by atoms with van der Waals surface area (Å²) in [5, 5.41) is 2.61. The SMILES string of the molecule is COC(=O)[C@@H]1CCCN1S(=O)(=O)c1cnc(NC(=O)N(CC2CCCC2)c2ccc(F)c(F)c2)s1. The zero-order chi connectivity index (χ0) is 25.2. The molecular formula is C22H26F2N4O5S2. The Kier molecular flexibility index (Phi) is 7.67. The first-order valence-electron chi connectivity index (χ1n) is 11.3. The normalized spacial score (nSPS) is 19.1. The van der Waals surface area contributed by atoms with E-state index in [2.05, 4.69) is 10.3 Å². The molecule has 4 rings (SSSR count). The number of thiazole rings is 1. The van der Waals surface area contributed by atoms with Crippen LogP contribution in [0.5, 0.6) is 0 Å². The number of anilines is 2. The van der Waals surface area contributed by atoms with Gasteiger partial charge in [-0.05, 0) is 43.7 Å². The molecule has 0 radical (unpaired) electrons. The third-order valence-corrected chi connectivity index (χ3v) is 9.57. The lowest BCUT2D eigenvalue weighted by Gasteiger charge is -2.25. The smallest absolute Gasteiger partial charge is 0.328 e. The number of nitrogens with one attached hydrogen (secondary N) is 1. The van der Waals surface area contributed by atoms with Crippen LogP contribution in [0, 0.1) is 17.6 Å². The van der Waals surface area contributed by atoms with E-state index in [0.29, 0.717) is 19.4 Å². The zero-order valence-electron chi connectivity index (χ0n) is 19.1. The van der Waals surface area contributed by atoms with Crippen molar-refractivity contribution in [2.75, 3.05) is 30.4 Å². The Hall–Kier alpha value is -2.64. The Morgan fingerprint density at radius 2 is 1.94 bits per heavy atom. The van der Waals surface area contributed by atoms with Crippen molar-refractivity contribution in [1.29, 1.82) is 0 Å². The molecule has 1 aromatic heterocycles. The number of hydrogen-bond acceptors (Lipinski definition) is 7. The second-order valence-corrected chi connectivity index (χ2v) is 11.7. The van der Waals surface area contributed by atoms with E-state index in [9.17, 15) is 26.8 Å². The number of aromatic nitrogens is 1. The molecule has 9 nitrogen and oxygen atoms in total. The first kappa shape index (κ1) is 25.5. The molecule has 35 heavy (non-hydrogen) atoms. The maximum absolute atomic E-state index is 13.9. The lowest BCUT2D eigenvalue weighted by Crippen LogP contribution is -2.40. The van der Waals surface area contributed by atoms with Crippen LogP contribution in [0.3, 0.4) is 0 Å². The second-order valence-electron chi connectivity index (χ2n) is 8.57. The maximum Gasteiger partial charge on any atom is 0.328 e. The van der Waals surface area contributed by atoms with Crippen LogP contribution < -0.4 is 10.2 Å². The summed E-state index contributed by atoms with van der Waals surface area (Å²) < 4.78 is 59.3. The van der Waals surface area contributed by atoms with Gasteiger partial charge < -0.3 is 4.74 Å². The van der Waals surface area contributed by atoms with Crippen LogP contribution in [0.25, 0.3) is 0 Å². The summed E-state index contributed by atoms with van der Waals surface area (Å²) in [7, 11) is -2.82. The Balaban J connectivity index is 1.53. The summed E-state index contributed by atoms with van der Waals surface area (Å²) in [6.07, 6.45) is 5.92. The van der Waals surface area contributed by atoms with Crippen LogP contribution in [0.15, 0.2) is 28.6 Å². The molecule has 1 atom stereocenters. The fraction of sp³-hybridized carbons (Fsp3) is 0.500. The van der Waals surface area contributed by atoms with Gasteiger partial charge in [-0.2, -0.15) is 4.31 Å². The molecule has 1 saturated heterocycles. The molecule has 1 aliphatic carbocycles. The van der Waals surface area contributed by atoms with Gasteiger partial charge in [-0.15, -0.1) is 0 Å². The number of methoxy groups -OCH3 is 1. The molecule has 1 aromatic carbocycles. The van der Waals surface area contributed by atoms with E-state index < -0.39 is 39.7 Å². The Bertz CT molecular complexity index is 1200. The molecule has 2 aromatic rings. The highest BCUT2D eigenvalue weighted by atomic mass is 32.2. The van der Waals surface area contributed by atoms with Crippen molar-refractivity contribution >= 4 is 44.2 Å². The number of sulfonamides is 1. The number of rotatable bonds is 7. The van der Waals surface area contributed by atoms with Gasteiger partial charge in [0.05, 0.1) is 13.3 Å². The van der Waals surface area contributed by atoms with Gasteiger partial charge in [0.2, 0.25) is 0 Å². The predicted molar refractivity (Wildman–Crippen MR) is 126 cm³/mol. The van der Waals surface area contributed by atoms with Gasteiger partial charge in [0.25, 0.3) is 10.0 Å². The van der Waals surface area contributed by atoms with Crippen LogP contribution >= 0.6 is 11.3 Å². The fourth-order valence-electron chi connectivity index (χ4n) is 4.52. The van der Waals surface area contributed by atoms with Gasteiger partial charge in [0, 0.05) is 24.8 Å². The summed E-state index contributed by atoms with van der Waals surface area (Å²) in [6.45, 7) is 0.481. The number of carbonyl (C=O) groups excluding carboxylic acids is 2. The molecule has 13 heteroatoms. The lowest BCUT2D eigenvalue weighted by molar-refractivity contribution is -0.144. The molecule has 1 N–H and O–H groups in total. The van der Waals surface area contributed by atoms with E-state index in [0.717, 1.165) is 59.7 Å². The summed E-state index contributed by atoms with van der Waals surface area (Å²) in [5.74, 6) is -2.50. The minimum atomic E-state index is -4.03. The number of benzene rings is 1. The average Bonchev–Trinajstić information content (AvgIpc) is 3.60. The van der Waals surface area contributed by atoms with Crippen LogP contribution in [-0.2, 0) is 19.6 Å². The third kappa shape index (κ3) is 5.46. The highest BCUT2D eigenvalue weighted by molar-refractivity contribution is 7.91. The summed E-state index contributed by atoms with van der Waals surface area (Å²) in [5.41, 5.74) is 0.190. The maximum atomic E-state index is 13.9. The zero-order valence-corrected chi connectivity index (χ0v) is 20.7. The number of halogens is 2. The van der Waals surface area contributed by atoms with Gasteiger partial charge in [-0.3, -0.25) is 15.0 Å². The van der Waals surface area contributed by atoms with E-state index >= 15 is 0 Å². The van der Waals surface area contributed by atoms with Crippen LogP contribution in [0.1, 0.15) is 38.5 Å². The molecule has 1 aliphatic heterocycles. The highest BCUT2D eigenvalue weighted by Crippen LogP contribution is 2.32. The van der Waals surface area contributed by atoms with E-state index in [-0.39, 0.29) is 27.5 Å². The summed E-state index contributed by atoms with van der Waals surface area (Å²) >= 11 is 0.752. The number of esters is 1. The van der Waals surface area contributed by atoms with Crippen LogP contribution in [0.2, 0.25) is 0 Å². The van der Waals surface area contributed by atoms with E-state index in [1.807, 2.05) is 0 Å². The standard InChI is InChI=1S/C22H26F2N4O5S2/c1-33-20(29)18-7-4-10-28(18)35(31,32)19-12-25-21(34-19)26-22(30)27(13-14-5-2-3-6-14)15-8-9-16(23)17(24)11-15/h8-9,11-12,14,18H,2-7,10,13H2,1H3,(H,25,26,30)/t18-/m0/s1. The van der Waals surface area contributed by atoms with Crippen molar-refractivity contribution in [2.45, 2.75) is 48.8 Å². The molecule has 0 spiro atoms. The van der Waals surface area contributed by atoms with Crippen molar-refractivity contribution < 1.29 is 31.5 Å². The topological polar surface area (TPSA) is 109 Å². The third-order valence-electron chi connectivity index (χ3n) is 6.31. The van der Waals surface area contributed by atoms with Gasteiger partial charge in [0.1, 0.15) is 6.04 Å². The molecule has 2 heterocycles. The van der Waals surface area contributed by atoms with Crippen molar-refractivity contribution in [3.8, 4) is 0 Å². The summed E-state index contributed by atoms with van der Waals surface area (Å²) in [6, 6.07) is 1.71. The average molecular weight is 529 g/mol. The minimum Gasteiger partial charge on any atom is -0.468 e. The fourth-order valence-corrected chi connectivity index (χ4v) is 7.32. The predicted octanol–water partition coefficient (Wildman–Crippen LogP) is 3.98. The van der Waals surface area contributed by atoms with Gasteiger partial charge >= 0.3 is 12.0 Å². The molecule has 2 aliphatic rings. The van der Waals surface area contributed by atoms with Gasteiger partial charge in [-0.25, -0.2) is 27.0 Å². The molecule has 0 bridgehead atoms. The first-order valence-corrected chi connectivity index (χ1v) is 13.6. The second kappa shape index (κ2) is 10.5. The van der Waals surface area contributed by atoms with Crippen molar-refractivity contribution in [2.24, 2.45) is 5.92 Å². The number of urea groups is 1. The van der Waals surface area contributed by atoms with Crippen LogP contribution in [-0.4, -0.2) is 55.9 Å². The quantitative estimate of drug-likeness (QED) is 0.545. The lowest BCUT2D eigenvalue weighted by atomic mass is 10.1. The van der Waals surface area contributed by atoms with Gasteiger partial charge in [0.15, 0.2) is 21.0 Å². The summed E-state index contributed by atoms with van der Waals surface area (Å²) in [4.78, 5) is 30.5. The molecule has 2 amide bonds. The number of ether oxygens (including phenoxy) is 1.